The Morgan fingerprint density at radius 1 is 1.10 bits per heavy atom. The van der Waals surface area contributed by atoms with Crippen LogP contribution in [0.1, 0.15) is 44.9 Å². The van der Waals surface area contributed by atoms with Crippen molar-refractivity contribution in [2.45, 2.75) is 46.2 Å². The Morgan fingerprint density at radius 2 is 1.77 bits per heavy atom. The number of aryl methyl sites for hydroxylation is 1. The molecule has 0 unspecified atom stereocenters. The highest BCUT2D eigenvalue weighted by Gasteiger charge is 2.24. The molecule has 0 bridgehead atoms. The summed E-state index contributed by atoms with van der Waals surface area (Å²) in [6, 6.07) is 11.3. The second kappa shape index (κ2) is 11.6. The molecule has 0 aliphatic heterocycles. The van der Waals surface area contributed by atoms with Gasteiger partial charge in [0.2, 0.25) is 5.91 Å². The van der Waals surface area contributed by atoms with E-state index < -0.39 is 0 Å². The number of carbonyl (C=O) groups is 2. The van der Waals surface area contributed by atoms with Crippen LogP contribution in [0.2, 0.25) is 0 Å². The molecule has 2 aromatic rings. The fraction of sp³-hybridized carbons (Fsp3) is 0.500. The van der Waals surface area contributed by atoms with Crippen LogP contribution in [0.25, 0.3) is 0 Å². The molecule has 31 heavy (non-hydrogen) atoms. The van der Waals surface area contributed by atoms with Gasteiger partial charge >= 0.3 is 6.03 Å². The number of hydrogen-bond acceptors (Lipinski definition) is 3. The van der Waals surface area contributed by atoms with Gasteiger partial charge in [-0.1, -0.05) is 26.0 Å². The van der Waals surface area contributed by atoms with Crippen LogP contribution in [0.4, 0.5) is 10.5 Å². The number of nitrogens with zero attached hydrogens (tertiary/aromatic N) is 3. The van der Waals surface area contributed by atoms with Crippen molar-refractivity contribution in [3.8, 4) is 0 Å². The molecule has 1 heterocycles. The topological polar surface area (TPSA) is 66.8 Å². The van der Waals surface area contributed by atoms with Crippen molar-refractivity contribution in [1.82, 2.24) is 14.4 Å². The lowest BCUT2D eigenvalue weighted by Gasteiger charge is -2.30. The van der Waals surface area contributed by atoms with Gasteiger partial charge in [0, 0.05) is 44.3 Å². The summed E-state index contributed by atoms with van der Waals surface area (Å²) in [5, 5.41) is 2.92. The van der Waals surface area contributed by atoms with E-state index >= 15 is 0 Å². The summed E-state index contributed by atoms with van der Waals surface area (Å²) >= 11 is 0. The van der Waals surface area contributed by atoms with Crippen LogP contribution >= 0.6 is 0 Å². The van der Waals surface area contributed by atoms with E-state index in [-0.39, 0.29) is 24.5 Å². The lowest BCUT2D eigenvalue weighted by molar-refractivity contribution is -0.133. The molecule has 7 heteroatoms. The van der Waals surface area contributed by atoms with Crippen LogP contribution in [0.5, 0.6) is 0 Å². The quantitative estimate of drug-likeness (QED) is 0.620. The number of benzene rings is 1. The molecular weight excluding hydrogens is 392 g/mol. The zero-order valence-electron chi connectivity index (χ0n) is 19.6. The molecule has 0 spiro atoms. The number of ether oxygens (including phenoxy) is 1. The Balaban J connectivity index is 2.08. The lowest BCUT2D eigenvalue weighted by Crippen LogP contribution is -2.48. The Labute approximate surface area is 186 Å². The molecule has 0 aliphatic rings. The van der Waals surface area contributed by atoms with Crippen molar-refractivity contribution in [2.24, 2.45) is 7.05 Å². The summed E-state index contributed by atoms with van der Waals surface area (Å²) in [4.78, 5) is 29.3. The van der Waals surface area contributed by atoms with Crippen molar-refractivity contribution in [3.63, 3.8) is 0 Å². The molecule has 0 fully saturated rings. The van der Waals surface area contributed by atoms with Gasteiger partial charge in [-0.15, -0.1) is 0 Å². The van der Waals surface area contributed by atoms with E-state index in [2.05, 4.69) is 19.2 Å². The van der Waals surface area contributed by atoms with Crippen molar-refractivity contribution < 1.29 is 14.3 Å². The fourth-order valence-corrected chi connectivity index (χ4v) is 3.23. The molecule has 1 N–H and O–H groups in total. The van der Waals surface area contributed by atoms with Crippen molar-refractivity contribution in [2.75, 3.05) is 32.1 Å². The molecule has 0 radical (unpaired) electrons. The molecule has 0 aliphatic carbocycles. The van der Waals surface area contributed by atoms with Crippen LogP contribution < -0.4 is 5.32 Å². The second-order valence-electron chi connectivity index (χ2n) is 8.35. The second-order valence-corrected chi connectivity index (χ2v) is 8.35. The van der Waals surface area contributed by atoms with Gasteiger partial charge in [-0.05, 0) is 49.6 Å². The molecule has 7 nitrogen and oxygen atoms in total. The number of amides is 3. The first-order valence-electron chi connectivity index (χ1n) is 10.8. The fourth-order valence-electron chi connectivity index (χ4n) is 3.23. The smallest absolute Gasteiger partial charge is 0.322 e. The highest BCUT2D eigenvalue weighted by atomic mass is 16.5. The minimum absolute atomic E-state index is 0.00170. The third-order valence-corrected chi connectivity index (χ3v) is 5.34. The van der Waals surface area contributed by atoms with Gasteiger partial charge in [-0.25, -0.2) is 4.79 Å². The summed E-state index contributed by atoms with van der Waals surface area (Å²) in [7, 11) is 3.57. The Kier molecular flexibility index (Phi) is 9.12. The first kappa shape index (κ1) is 24.5. The highest BCUT2D eigenvalue weighted by Crippen LogP contribution is 2.18. The Morgan fingerprint density at radius 3 is 2.29 bits per heavy atom. The van der Waals surface area contributed by atoms with E-state index in [4.69, 9.17) is 4.74 Å². The van der Waals surface area contributed by atoms with E-state index in [1.54, 1.807) is 16.9 Å². The summed E-state index contributed by atoms with van der Waals surface area (Å²) in [5.41, 5.74) is 2.95. The summed E-state index contributed by atoms with van der Waals surface area (Å²) in [6.45, 7) is 9.44. The first-order valence-corrected chi connectivity index (χ1v) is 10.8. The summed E-state index contributed by atoms with van der Waals surface area (Å²) in [5.74, 6) is 0.314. The van der Waals surface area contributed by atoms with Crippen LogP contribution in [0, 0.1) is 0 Å². The largest absolute Gasteiger partial charge is 0.383 e. The molecule has 0 atom stereocenters. The van der Waals surface area contributed by atoms with Crippen LogP contribution in [-0.2, 0) is 23.1 Å². The van der Waals surface area contributed by atoms with Crippen molar-refractivity contribution >= 4 is 17.6 Å². The first-order chi connectivity index (χ1) is 14.7. The number of rotatable bonds is 10. The van der Waals surface area contributed by atoms with Gasteiger partial charge in [0.15, 0.2) is 0 Å². The number of anilines is 1. The molecule has 1 aromatic heterocycles. The minimum Gasteiger partial charge on any atom is -0.383 e. The standard InChI is InChI=1S/C24H36N4O3/c1-18(2)20-9-11-21(12-10-20)25-24(30)28(19(3)4)17-23(29)27(14-15-31-6)16-22-8-7-13-26(22)5/h7-13,18-19H,14-17H2,1-6H3,(H,25,30). The SMILES string of the molecule is COCCN(Cc1cccn1C)C(=O)CN(C(=O)Nc1ccc(C(C)C)cc1)C(C)C. The zero-order chi connectivity index (χ0) is 23.0. The van der Waals surface area contributed by atoms with E-state index in [9.17, 15) is 9.59 Å². The maximum Gasteiger partial charge on any atom is 0.322 e. The molecule has 2 rings (SSSR count). The Hall–Kier alpha value is -2.80. The third-order valence-electron chi connectivity index (χ3n) is 5.34. The summed E-state index contributed by atoms with van der Waals surface area (Å²) < 4.78 is 7.17. The van der Waals surface area contributed by atoms with Crippen LogP contribution in [-0.4, -0.2) is 59.2 Å². The zero-order valence-corrected chi connectivity index (χ0v) is 19.6. The summed E-state index contributed by atoms with van der Waals surface area (Å²) in [6.07, 6.45) is 1.95. The number of aromatic nitrogens is 1. The molecule has 170 valence electrons. The minimum atomic E-state index is -0.286. The molecule has 1 aromatic carbocycles. The lowest BCUT2D eigenvalue weighted by atomic mass is 10.0. The highest BCUT2D eigenvalue weighted by molar-refractivity contribution is 5.92. The van der Waals surface area contributed by atoms with Crippen molar-refractivity contribution in [1.29, 1.82) is 0 Å². The number of hydrogen-bond donors (Lipinski definition) is 1. The van der Waals surface area contributed by atoms with Gasteiger partial charge in [0.05, 0.1) is 13.2 Å². The van der Waals surface area contributed by atoms with Crippen LogP contribution in [0.15, 0.2) is 42.6 Å². The molecule has 0 saturated carbocycles. The van der Waals surface area contributed by atoms with Gasteiger partial charge in [-0.3, -0.25) is 4.79 Å². The predicted octanol–water partition coefficient (Wildman–Crippen LogP) is 4.07. The number of carbonyl (C=O) groups excluding carboxylic acids is 2. The van der Waals surface area contributed by atoms with Gasteiger partial charge < -0.3 is 24.4 Å². The van der Waals surface area contributed by atoms with E-state index in [1.807, 2.05) is 68.1 Å². The van der Waals surface area contributed by atoms with Crippen molar-refractivity contribution in [3.05, 3.63) is 53.9 Å². The maximum atomic E-state index is 13.1. The molecule has 3 amide bonds. The predicted molar refractivity (Wildman–Crippen MR) is 124 cm³/mol. The van der Waals surface area contributed by atoms with Crippen LogP contribution in [0.3, 0.4) is 0 Å². The Bertz CT molecular complexity index is 843. The monoisotopic (exact) mass is 428 g/mol. The van der Waals surface area contributed by atoms with E-state index in [1.165, 1.54) is 5.56 Å². The van der Waals surface area contributed by atoms with Gasteiger partial charge in [0.1, 0.15) is 6.54 Å². The molecule has 0 saturated heterocycles. The third kappa shape index (κ3) is 7.14. The number of nitrogens with one attached hydrogen (secondary N) is 1. The maximum absolute atomic E-state index is 13.1. The van der Waals surface area contributed by atoms with E-state index in [0.29, 0.717) is 31.3 Å². The number of urea groups is 1. The van der Waals surface area contributed by atoms with E-state index in [0.717, 1.165) is 5.69 Å². The van der Waals surface area contributed by atoms with Gasteiger partial charge in [0.25, 0.3) is 0 Å². The normalized spacial score (nSPS) is 11.1. The average molecular weight is 429 g/mol. The number of methoxy groups -OCH3 is 1. The average Bonchev–Trinajstić information content (AvgIpc) is 3.13. The molecular formula is C24H36N4O3. The van der Waals surface area contributed by atoms with Gasteiger partial charge in [-0.2, -0.15) is 0 Å².